The minimum atomic E-state index is -0.963. The van der Waals surface area contributed by atoms with E-state index in [1.165, 1.54) is 6.07 Å². The van der Waals surface area contributed by atoms with Crippen molar-refractivity contribution < 1.29 is 19.4 Å². The highest BCUT2D eigenvalue weighted by Crippen LogP contribution is 2.08. The Kier molecular flexibility index (Phi) is 5.74. The Labute approximate surface area is 134 Å². The first-order valence-corrected chi connectivity index (χ1v) is 7.34. The number of aromatic carboxylic acids is 1. The van der Waals surface area contributed by atoms with Crippen molar-refractivity contribution in [3.8, 4) is 0 Å². The third-order valence-corrected chi connectivity index (χ3v) is 3.29. The zero-order valence-electron chi connectivity index (χ0n) is 12.9. The van der Waals surface area contributed by atoms with Crippen LogP contribution in [0.25, 0.3) is 0 Å². The molecule has 0 aliphatic carbocycles. The maximum atomic E-state index is 11.8. The zero-order chi connectivity index (χ0) is 16.7. The number of carbonyl (C=O) groups excluding carboxylic acids is 1. The number of carboxylic acids is 1. The summed E-state index contributed by atoms with van der Waals surface area (Å²) >= 11 is 0. The van der Waals surface area contributed by atoms with E-state index in [9.17, 15) is 9.59 Å². The van der Waals surface area contributed by atoms with E-state index < -0.39 is 12.1 Å². The van der Waals surface area contributed by atoms with Crippen LogP contribution >= 0.6 is 0 Å². The molecule has 0 aliphatic heterocycles. The summed E-state index contributed by atoms with van der Waals surface area (Å²) in [5, 5.41) is 11.7. The van der Waals surface area contributed by atoms with E-state index in [1.54, 1.807) is 12.1 Å². The van der Waals surface area contributed by atoms with Crippen LogP contribution in [0.4, 0.5) is 4.79 Å². The van der Waals surface area contributed by atoms with E-state index in [0.717, 1.165) is 11.1 Å². The van der Waals surface area contributed by atoms with E-state index in [-0.39, 0.29) is 18.2 Å². The van der Waals surface area contributed by atoms with Gasteiger partial charge in [-0.25, -0.2) is 9.59 Å². The summed E-state index contributed by atoms with van der Waals surface area (Å²) in [5.41, 5.74) is 2.01. The summed E-state index contributed by atoms with van der Waals surface area (Å²) in [7, 11) is 0. The summed E-state index contributed by atoms with van der Waals surface area (Å²) in [4.78, 5) is 22.7. The molecule has 0 fully saturated rings. The van der Waals surface area contributed by atoms with Crippen molar-refractivity contribution in [2.75, 3.05) is 0 Å². The summed E-state index contributed by atoms with van der Waals surface area (Å²) in [6.45, 7) is 2.06. The number of rotatable bonds is 6. The van der Waals surface area contributed by atoms with Gasteiger partial charge in [0.2, 0.25) is 0 Å². The fourth-order valence-corrected chi connectivity index (χ4v) is 2.20. The van der Waals surface area contributed by atoms with Crippen LogP contribution in [0.3, 0.4) is 0 Å². The van der Waals surface area contributed by atoms with Gasteiger partial charge in [-0.2, -0.15) is 0 Å². The topological polar surface area (TPSA) is 75.6 Å². The van der Waals surface area contributed by atoms with Crippen LogP contribution < -0.4 is 5.32 Å². The molecule has 0 bridgehead atoms. The lowest BCUT2D eigenvalue weighted by Gasteiger charge is -2.14. The lowest BCUT2D eigenvalue weighted by atomic mass is 10.0. The first-order valence-electron chi connectivity index (χ1n) is 7.34. The standard InChI is InChI=1S/C18H19NO4/c1-13(10-15-8-5-9-16(11-15)17(20)21)19-18(22)23-12-14-6-3-2-4-7-14/h2-9,11,13H,10,12H2,1H3,(H,19,22)(H,20,21)/t13-/m1/s1. The molecule has 2 aromatic carbocycles. The van der Waals surface area contributed by atoms with Gasteiger partial charge in [-0.3, -0.25) is 0 Å². The molecule has 1 amide bonds. The molecule has 0 spiro atoms. The second kappa shape index (κ2) is 7.98. The second-order valence-corrected chi connectivity index (χ2v) is 5.32. The summed E-state index contributed by atoms with van der Waals surface area (Å²) in [6.07, 6.45) is 0.0393. The van der Waals surface area contributed by atoms with Crippen LogP contribution in [0.1, 0.15) is 28.4 Å². The van der Waals surface area contributed by atoms with Gasteiger partial charge in [0.25, 0.3) is 0 Å². The highest BCUT2D eigenvalue weighted by Gasteiger charge is 2.10. The average Bonchev–Trinajstić information content (AvgIpc) is 2.54. The summed E-state index contributed by atoms with van der Waals surface area (Å²) < 4.78 is 5.15. The number of amides is 1. The van der Waals surface area contributed by atoms with Gasteiger partial charge in [0, 0.05) is 6.04 Å². The highest BCUT2D eigenvalue weighted by molar-refractivity contribution is 5.87. The Morgan fingerprint density at radius 2 is 1.78 bits per heavy atom. The van der Waals surface area contributed by atoms with Crippen LogP contribution in [-0.4, -0.2) is 23.2 Å². The maximum absolute atomic E-state index is 11.8. The highest BCUT2D eigenvalue weighted by atomic mass is 16.5. The number of carboxylic acid groups (broad SMARTS) is 1. The van der Waals surface area contributed by atoms with Crippen molar-refractivity contribution in [3.63, 3.8) is 0 Å². The van der Waals surface area contributed by atoms with Crippen molar-refractivity contribution in [2.45, 2.75) is 26.0 Å². The van der Waals surface area contributed by atoms with Crippen molar-refractivity contribution in [2.24, 2.45) is 0 Å². The molecule has 1 atom stereocenters. The van der Waals surface area contributed by atoms with Crippen LogP contribution in [0.2, 0.25) is 0 Å². The molecular weight excluding hydrogens is 294 g/mol. The lowest BCUT2D eigenvalue weighted by molar-refractivity contribution is 0.0696. The number of benzene rings is 2. The first kappa shape index (κ1) is 16.5. The molecule has 0 radical (unpaired) electrons. The molecule has 0 heterocycles. The molecule has 5 nitrogen and oxygen atoms in total. The fourth-order valence-electron chi connectivity index (χ4n) is 2.20. The van der Waals surface area contributed by atoms with Gasteiger partial charge in [0.05, 0.1) is 5.56 Å². The average molecular weight is 313 g/mol. The maximum Gasteiger partial charge on any atom is 0.407 e. The zero-order valence-corrected chi connectivity index (χ0v) is 12.9. The smallest absolute Gasteiger partial charge is 0.407 e. The number of carbonyl (C=O) groups is 2. The molecule has 0 aromatic heterocycles. The SMILES string of the molecule is C[C@H](Cc1cccc(C(=O)O)c1)NC(=O)OCc1ccccc1. The Morgan fingerprint density at radius 1 is 1.09 bits per heavy atom. The van der Waals surface area contributed by atoms with Gasteiger partial charge in [-0.05, 0) is 36.6 Å². The monoisotopic (exact) mass is 313 g/mol. The molecule has 0 unspecified atom stereocenters. The predicted molar refractivity (Wildman–Crippen MR) is 86.3 cm³/mol. The first-order chi connectivity index (χ1) is 11.0. The van der Waals surface area contributed by atoms with Crippen LogP contribution in [-0.2, 0) is 17.8 Å². The van der Waals surface area contributed by atoms with Crippen molar-refractivity contribution in [1.82, 2.24) is 5.32 Å². The molecule has 0 saturated carbocycles. The van der Waals surface area contributed by atoms with E-state index in [0.29, 0.717) is 6.42 Å². The normalized spacial score (nSPS) is 11.5. The second-order valence-electron chi connectivity index (χ2n) is 5.32. The molecule has 23 heavy (non-hydrogen) atoms. The summed E-state index contributed by atoms with van der Waals surface area (Å²) in [5.74, 6) is -0.963. The number of alkyl carbamates (subject to hydrolysis) is 1. The molecule has 0 saturated heterocycles. The molecule has 0 aliphatic rings. The molecule has 120 valence electrons. The van der Waals surface area contributed by atoms with Crippen molar-refractivity contribution in [1.29, 1.82) is 0 Å². The van der Waals surface area contributed by atoms with Gasteiger partial charge in [-0.15, -0.1) is 0 Å². The number of hydrogen-bond acceptors (Lipinski definition) is 3. The van der Waals surface area contributed by atoms with Gasteiger partial charge < -0.3 is 15.2 Å². The van der Waals surface area contributed by atoms with Gasteiger partial charge in [0.1, 0.15) is 6.61 Å². The van der Waals surface area contributed by atoms with E-state index in [1.807, 2.05) is 43.3 Å². The number of ether oxygens (including phenoxy) is 1. The Balaban J connectivity index is 1.82. The molecular formula is C18H19NO4. The van der Waals surface area contributed by atoms with E-state index in [2.05, 4.69) is 5.32 Å². The third kappa shape index (κ3) is 5.47. The number of hydrogen-bond donors (Lipinski definition) is 2. The van der Waals surface area contributed by atoms with Gasteiger partial charge in [-0.1, -0.05) is 42.5 Å². The largest absolute Gasteiger partial charge is 0.478 e. The molecule has 5 heteroatoms. The van der Waals surface area contributed by atoms with Crippen LogP contribution in [0.5, 0.6) is 0 Å². The van der Waals surface area contributed by atoms with Crippen molar-refractivity contribution >= 4 is 12.1 Å². The fraction of sp³-hybridized carbons (Fsp3) is 0.222. The van der Waals surface area contributed by atoms with Crippen molar-refractivity contribution in [3.05, 3.63) is 71.3 Å². The van der Waals surface area contributed by atoms with E-state index in [4.69, 9.17) is 9.84 Å². The minimum absolute atomic E-state index is 0.165. The predicted octanol–water partition coefficient (Wildman–Crippen LogP) is 3.24. The minimum Gasteiger partial charge on any atom is -0.478 e. The number of nitrogens with one attached hydrogen (secondary N) is 1. The third-order valence-electron chi connectivity index (χ3n) is 3.29. The lowest BCUT2D eigenvalue weighted by Crippen LogP contribution is -2.34. The Bertz CT molecular complexity index is 670. The Morgan fingerprint density at radius 3 is 2.48 bits per heavy atom. The van der Waals surface area contributed by atoms with Gasteiger partial charge in [0.15, 0.2) is 0 Å². The Hall–Kier alpha value is -2.82. The van der Waals surface area contributed by atoms with Crippen LogP contribution in [0.15, 0.2) is 54.6 Å². The quantitative estimate of drug-likeness (QED) is 0.858. The molecule has 2 aromatic rings. The van der Waals surface area contributed by atoms with Crippen LogP contribution in [0, 0.1) is 0 Å². The summed E-state index contributed by atoms with van der Waals surface area (Å²) in [6, 6.07) is 15.9. The molecule has 2 N–H and O–H groups in total. The van der Waals surface area contributed by atoms with Gasteiger partial charge >= 0.3 is 12.1 Å². The molecule has 2 rings (SSSR count). The van der Waals surface area contributed by atoms with E-state index >= 15 is 0 Å².